The number of Topliss-reactive ketones (excluding diaryl/α,β-unsaturated/α-hetero) is 2. The van der Waals surface area contributed by atoms with Gasteiger partial charge in [-0.3, -0.25) is 9.59 Å². The monoisotopic (exact) mass is 219 g/mol. The average Bonchev–Trinajstić information content (AvgIpc) is 2.27. The number of benzene rings is 1. The molecule has 0 aromatic heterocycles. The van der Waals surface area contributed by atoms with Gasteiger partial charge in [0.05, 0.1) is 5.92 Å². The molecular formula is C12H13NO3. The van der Waals surface area contributed by atoms with Crippen LogP contribution < -0.4 is 5.32 Å². The van der Waals surface area contributed by atoms with Gasteiger partial charge in [0, 0.05) is 19.2 Å². The molecule has 0 radical (unpaired) electrons. The third-order valence-electron chi connectivity index (χ3n) is 2.82. The minimum absolute atomic E-state index is 0.115. The van der Waals surface area contributed by atoms with Crippen LogP contribution in [0, 0.1) is 0 Å². The molecule has 84 valence electrons. The fraction of sp³-hybridized carbons (Fsp3) is 0.333. The van der Waals surface area contributed by atoms with Crippen LogP contribution in [0.5, 0.6) is 5.75 Å². The number of carbonyl (C=O) groups is 2. The van der Waals surface area contributed by atoms with Crippen molar-refractivity contribution in [3.63, 3.8) is 0 Å². The summed E-state index contributed by atoms with van der Waals surface area (Å²) >= 11 is 0. The Labute approximate surface area is 93.3 Å². The number of phenols is 1. The smallest absolute Gasteiger partial charge is 0.205 e. The molecular weight excluding hydrogens is 206 g/mol. The Kier molecular flexibility index (Phi) is 2.64. The quantitative estimate of drug-likeness (QED) is 0.583. The fourth-order valence-corrected chi connectivity index (χ4v) is 2.02. The second-order valence-electron chi connectivity index (χ2n) is 3.96. The van der Waals surface area contributed by atoms with E-state index in [0.29, 0.717) is 18.5 Å². The first-order chi connectivity index (χ1) is 7.59. The Morgan fingerprint density at radius 1 is 1.44 bits per heavy atom. The molecule has 0 spiro atoms. The van der Waals surface area contributed by atoms with Crippen molar-refractivity contribution in [2.45, 2.75) is 19.3 Å². The number of hydrogen-bond donors (Lipinski definition) is 2. The van der Waals surface area contributed by atoms with E-state index in [9.17, 15) is 14.7 Å². The third-order valence-corrected chi connectivity index (χ3v) is 2.82. The van der Waals surface area contributed by atoms with Crippen LogP contribution in [-0.4, -0.2) is 23.2 Å². The van der Waals surface area contributed by atoms with E-state index < -0.39 is 11.7 Å². The molecule has 0 amide bonds. The molecule has 1 aliphatic heterocycles. The summed E-state index contributed by atoms with van der Waals surface area (Å²) in [4.78, 5) is 22.8. The van der Waals surface area contributed by atoms with Crippen molar-refractivity contribution in [3.05, 3.63) is 23.8 Å². The van der Waals surface area contributed by atoms with Crippen LogP contribution in [0.2, 0.25) is 0 Å². The minimum atomic E-state index is -0.429. The van der Waals surface area contributed by atoms with E-state index in [1.54, 1.807) is 18.2 Å². The normalized spacial score (nSPS) is 18.4. The highest BCUT2D eigenvalue weighted by atomic mass is 16.3. The summed E-state index contributed by atoms with van der Waals surface area (Å²) < 4.78 is 0. The van der Waals surface area contributed by atoms with Gasteiger partial charge in [0.1, 0.15) is 5.75 Å². The Morgan fingerprint density at radius 2 is 2.19 bits per heavy atom. The molecule has 1 aromatic carbocycles. The molecule has 1 aliphatic rings. The molecule has 4 nitrogen and oxygen atoms in total. The first kappa shape index (κ1) is 10.7. The predicted molar refractivity (Wildman–Crippen MR) is 59.6 cm³/mol. The van der Waals surface area contributed by atoms with E-state index >= 15 is 0 Å². The molecule has 0 fully saturated rings. The van der Waals surface area contributed by atoms with Gasteiger partial charge in [-0.15, -0.1) is 0 Å². The molecule has 1 atom stereocenters. The number of ketones is 2. The molecule has 0 aliphatic carbocycles. The van der Waals surface area contributed by atoms with E-state index in [1.165, 1.54) is 6.92 Å². The average molecular weight is 219 g/mol. The van der Waals surface area contributed by atoms with E-state index in [-0.39, 0.29) is 11.5 Å². The van der Waals surface area contributed by atoms with E-state index in [2.05, 4.69) is 5.32 Å². The zero-order valence-electron chi connectivity index (χ0n) is 8.99. The molecule has 0 bridgehead atoms. The summed E-state index contributed by atoms with van der Waals surface area (Å²) in [5.74, 6) is -1.11. The Hall–Kier alpha value is -1.84. The van der Waals surface area contributed by atoms with Crippen LogP contribution in [0.25, 0.3) is 0 Å². The molecule has 2 N–H and O–H groups in total. The van der Waals surface area contributed by atoms with Crippen LogP contribution in [0.15, 0.2) is 18.2 Å². The maximum Gasteiger partial charge on any atom is 0.205 e. The number of nitrogens with one attached hydrogen (secondary N) is 1. The van der Waals surface area contributed by atoms with Crippen molar-refractivity contribution in [2.75, 3.05) is 11.9 Å². The summed E-state index contributed by atoms with van der Waals surface area (Å²) in [6, 6.07) is 4.84. The lowest BCUT2D eigenvalue weighted by molar-refractivity contribution is -0.136. The molecule has 16 heavy (non-hydrogen) atoms. The second-order valence-corrected chi connectivity index (χ2v) is 3.96. The SMILES string of the molecule is CC(=O)C(=O)C1CCNc2ccc(O)cc21. The number of carbonyl (C=O) groups excluding carboxylic acids is 2. The standard InChI is InChI=1S/C12H13NO3/c1-7(14)12(16)9-4-5-13-11-3-2-8(15)6-10(9)11/h2-3,6,9,13,15H,4-5H2,1H3. The minimum Gasteiger partial charge on any atom is -0.508 e. The van der Waals surface area contributed by atoms with Crippen molar-refractivity contribution in [1.82, 2.24) is 0 Å². The largest absolute Gasteiger partial charge is 0.508 e. The Bertz CT molecular complexity index is 454. The maximum atomic E-state index is 11.7. The molecule has 0 saturated heterocycles. The highest BCUT2D eigenvalue weighted by Gasteiger charge is 2.28. The number of hydrogen-bond acceptors (Lipinski definition) is 4. The predicted octanol–water partition coefficient (Wildman–Crippen LogP) is 1.45. The lowest BCUT2D eigenvalue weighted by atomic mass is 9.86. The lowest BCUT2D eigenvalue weighted by Crippen LogP contribution is -2.26. The second kappa shape index (κ2) is 3.96. The summed E-state index contributed by atoms with van der Waals surface area (Å²) in [6.07, 6.45) is 0.592. The van der Waals surface area contributed by atoms with Gasteiger partial charge in [0.2, 0.25) is 5.78 Å². The van der Waals surface area contributed by atoms with Gasteiger partial charge in [-0.25, -0.2) is 0 Å². The summed E-state index contributed by atoms with van der Waals surface area (Å²) in [5.41, 5.74) is 1.54. The zero-order chi connectivity index (χ0) is 11.7. The van der Waals surface area contributed by atoms with E-state index in [4.69, 9.17) is 0 Å². The van der Waals surface area contributed by atoms with Crippen molar-refractivity contribution >= 4 is 17.3 Å². The van der Waals surface area contributed by atoms with Gasteiger partial charge in [-0.05, 0) is 30.2 Å². The molecule has 4 heteroatoms. The topological polar surface area (TPSA) is 66.4 Å². The van der Waals surface area contributed by atoms with Gasteiger partial charge in [-0.2, -0.15) is 0 Å². The number of fused-ring (bicyclic) bond motifs is 1. The highest BCUT2D eigenvalue weighted by molar-refractivity contribution is 6.38. The Balaban J connectivity index is 2.43. The van der Waals surface area contributed by atoms with Gasteiger partial charge in [-0.1, -0.05) is 0 Å². The third kappa shape index (κ3) is 1.78. The van der Waals surface area contributed by atoms with Crippen molar-refractivity contribution in [3.8, 4) is 5.75 Å². The first-order valence-electron chi connectivity index (χ1n) is 5.21. The number of anilines is 1. The molecule has 1 aromatic rings. The highest BCUT2D eigenvalue weighted by Crippen LogP contribution is 2.34. The van der Waals surface area contributed by atoms with Crippen LogP contribution in [-0.2, 0) is 9.59 Å². The first-order valence-corrected chi connectivity index (χ1v) is 5.21. The summed E-state index contributed by atoms with van der Waals surface area (Å²) in [6.45, 7) is 1.95. The summed E-state index contributed by atoms with van der Waals surface area (Å²) in [5, 5.41) is 12.5. The van der Waals surface area contributed by atoms with Gasteiger partial charge >= 0.3 is 0 Å². The molecule has 1 heterocycles. The van der Waals surface area contributed by atoms with Gasteiger partial charge in [0.15, 0.2) is 5.78 Å². The molecule has 2 rings (SSSR count). The van der Waals surface area contributed by atoms with Crippen molar-refractivity contribution < 1.29 is 14.7 Å². The fourth-order valence-electron chi connectivity index (χ4n) is 2.02. The van der Waals surface area contributed by atoms with Crippen LogP contribution in [0.3, 0.4) is 0 Å². The number of rotatable bonds is 2. The Morgan fingerprint density at radius 3 is 2.88 bits per heavy atom. The molecule has 0 saturated carbocycles. The van der Waals surface area contributed by atoms with E-state index in [1.807, 2.05) is 0 Å². The summed E-state index contributed by atoms with van der Waals surface area (Å²) in [7, 11) is 0. The maximum absolute atomic E-state index is 11.7. The van der Waals surface area contributed by atoms with Crippen LogP contribution in [0.4, 0.5) is 5.69 Å². The van der Waals surface area contributed by atoms with Gasteiger partial charge < -0.3 is 10.4 Å². The van der Waals surface area contributed by atoms with Crippen LogP contribution >= 0.6 is 0 Å². The number of aromatic hydroxyl groups is 1. The van der Waals surface area contributed by atoms with Crippen LogP contribution in [0.1, 0.15) is 24.8 Å². The molecule has 1 unspecified atom stereocenters. The lowest BCUT2D eigenvalue weighted by Gasteiger charge is -2.25. The number of phenolic OH excluding ortho intramolecular Hbond substituents is 1. The van der Waals surface area contributed by atoms with Crippen molar-refractivity contribution in [2.24, 2.45) is 0 Å². The zero-order valence-corrected chi connectivity index (χ0v) is 8.99. The van der Waals surface area contributed by atoms with Crippen molar-refractivity contribution in [1.29, 1.82) is 0 Å². The van der Waals surface area contributed by atoms with E-state index in [0.717, 1.165) is 5.69 Å². The van der Waals surface area contributed by atoms with Gasteiger partial charge in [0.25, 0.3) is 0 Å².